The number of nitrogens with zero attached hydrogens (tertiary/aromatic N) is 2. The number of likely N-dealkylation sites (N-methyl/N-ethyl adjacent to an activating group) is 1. The minimum absolute atomic E-state index is 0.168. The molecule has 8 heteroatoms. The van der Waals surface area contributed by atoms with E-state index in [1.807, 2.05) is 0 Å². The lowest BCUT2D eigenvalue weighted by Crippen LogP contribution is -2.48. The van der Waals surface area contributed by atoms with Crippen molar-refractivity contribution >= 4 is 45.0 Å². The second-order valence-electron chi connectivity index (χ2n) is 6.23. The molecular formula is C21H18BrN3O4. The lowest BCUT2D eigenvalue weighted by molar-refractivity contribution is -0.125. The number of rotatable bonds is 5. The third-order valence-electron chi connectivity index (χ3n) is 4.36. The van der Waals surface area contributed by atoms with Crippen molar-refractivity contribution in [1.82, 2.24) is 5.32 Å². The van der Waals surface area contributed by atoms with Gasteiger partial charge >= 0.3 is 0 Å². The predicted octanol–water partition coefficient (Wildman–Crippen LogP) is 1.93. The monoisotopic (exact) mass is 455 g/mol. The third kappa shape index (κ3) is 4.58. The summed E-state index contributed by atoms with van der Waals surface area (Å²) >= 11 is 3.36. The smallest absolute Gasteiger partial charge is 0.265 e. The van der Waals surface area contributed by atoms with Crippen molar-refractivity contribution in [1.29, 1.82) is 0 Å². The molecule has 2 aromatic carbocycles. The van der Waals surface area contributed by atoms with Crippen LogP contribution in [0.5, 0.6) is 5.75 Å². The van der Waals surface area contributed by atoms with Crippen LogP contribution in [-0.2, 0) is 14.4 Å². The summed E-state index contributed by atoms with van der Waals surface area (Å²) in [5.41, 5.74) is 1.55. The summed E-state index contributed by atoms with van der Waals surface area (Å²) in [5, 5.41) is 2.50. The first-order valence-corrected chi connectivity index (χ1v) is 9.52. The van der Waals surface area contributed by atoms with Gasteiger partial charge in [0, 0.05) is 22.8 Å². The number of hydrogen-bond donors (Lipinski definition) is 1. The van der Waals surface area contributed by atoms with E-state index >= 15 is 0 Å². The van der Waals surface area contributed by atoms with Crippen molar-refractivity contribution in [2.75, 3.05) is 36.5 Å². The van der Waals surface area contributed by atoms with Gasteiger partial charge in [0.25, 0.3) is 5.91 Å². The number of carbonyl (C=O) groups is 3. The normalized spacial score (nSPS) is 12.4. The summed E-state index contributed by atoms with van der Waals surface area (Å²) in [4.78, 5) is 40.2. The number of amides is 3. The molecule has 29 heavy (non-hydrogen) atoms. The van der Waals surface area contributed by atoms with E-state index in [0.717, 1.165) is 4.47 Å². The number of nitrogens with one attached hydrogen (secondary N) is 1. The highest BCUT2D eigenvalue weighted by atomic mass is 79.9. The molecule has 3 amide bonds. The van der Waals surface area contributed by atoms with Gasteiger partial charge < -0.3 is 15.0 Å². The zero-order valence-corrected chi connectivity index (χ0v) is 17.2. The average Bonchev–Trinajstić information content (AvgIpc) is 2.73. The zero-order valence-electron chi connectivity index (χ0n) is 15.6. The highest BCUT2D eigenvalue weighted by Gasteiger charge is 2.30. The van der Waals surface area contributed by atoms with E-state index in [0.29, 0.717) is 22.7 Å². The Morgan fingerprint density at radius 3 is 2.83 bits per heavy atom. The lowest BCUT2D eigenvalue weighted by atomic mass is 10.2. The second kappa shape index (κ2) is 8.80. The van der Waals surface area contributed by atoms with Crippen molar-refractivity contribution < 1.29 is 19.1 Å². The maximum absolute atomic E-state index is 13.1. The van der Waals surface area contributed by atoms with Gasteiger partial charge in [0.2, 0.25) is 11.8 Å². The molecule has 0 radical (unpaired) electrons. The highest BCUT2D eigenvalue weighted by Crippen LogP contribution is 2.34. The van der Waals surface area contributed by atoms with Gasteiger partial charge in [-0.15, -0.1) is 6.42 Å². The van der Waals surface area contributed by atoms with Crippen molar-refractivity contribution in [3.05, 3.63) is 52.5 Å². The molecule has 2 aromatic rings. The Morgan fingerprint density at radius 1 is 1.31 bits per heavy atom. The Balaban J connectivity index is 1.91. The molecule has 0 saturated carbocycles. The summed E-state index contributed by atoms with van der Waals surface area (Å²) < 4.78 is 6.25. The first kappa shape index (κ1) is 20.4. The maximum atomic E-state index is 13.1. The highest BCUT2D eigenvalue weighted by molar-refractivity contribution is 9.10. The molecule has 3 rings (SSSR count). The quantitative estimate of drug-likeness (QED) is 0.698. The van der Waals surface area contributed by atoms with E-state index in [9.17, 15) is 14.4 Å². The fourth-order valence-corrected chi connectivity index (χ4v) is 3.22. The SMILES string of the molecule is C#Cc1cccc(N(CC(=O)NC)C(=O)CN2C(=O)COc3cc(Br)ccc32)c1. The molecule has 0 unspecified atom stereocenters. The van der Waals surface area contributed by atoms with Gasteiger partial charge in [0.15, 0.2) is 6.61 Å². The van der Waals surface area contributed by atoms with E-state index in [-0.39, 0.29) is 31.5 Å². The fraction of sp³-hybridized carbons (Fsp3) is 0.190. The molecule has 0 fully saturated rings. The van der Waals surface area contributed by atoms with Crippen LogP contribution in [0.1, 0.15) is 5.56 Å². The van der Waals surface area contributed by atoms with Crippen LogP contribution in [-0.4, -0.2) is 44.5 Å². The van der Waals surface area contributed by atoms with Crippen molar-refractivity contribution in [3.63, 3.8) is 0 Å². The molecule has 1 heterocycles. The van der Waals surface area contributed by atoms with E-state index in [1.54, 1.807) is 42.5 Å². The predicted molar refractivity (Wildman–Crippen MR) is 113 cm³/mol. The Bertz CT molecular complexity index is 1020. The molecule has 1 N–H and O–H groups in total. The lowest BCUT2D eigenvalue weighted by Gasteiger charge is -2.31. The minimum atomic E-state index is -0.424. The number of terminal acetylenes is 1. The van der Waals surface area contributed by atoms with E-state index in [2.05, 4.69) is 27.2 Å². The Morgan fingerprint density at radius 2 is 2.10 bits per heavy atom. The zero-order chi connectivity index (χ0) is 21.0. The van der Waals surface area contributed by atoms with Crippen LogP contribution in [0.3, 0.4) is 0 Å². The average molecular weight is 456 g/mol. The standard InChI is InChI=1S/C21H18BrN3O4/c1-3-14-5-4-6-16(9-14)24(11-19(26)23-2)20(27)12-25-17-8-7-15(22)10-18(17)29-13-21(25)28/h1,4-10H,11-13H2,2H3,(H,23,26). The Kier molecular flexibility index (Phi) is 6.20. The summed E-state index contributed by atoms with van der Waals surface area (Å²) in [6.07, 6.45) is 5.45. The third-order valence-corrected chi connectivity index (χ3v) is 4.86. The number of ether oxygens (including phenoxy) is 1. The van der Waals surface area contributed by atoms with Crippen LogP contribution in [0.25, 0.3) is 0 Å². The van der Waals surface area contributed by atoms with E-state index in [1.165, 1.54) is 16.8 Å². The van der Waals surface area contributed by atoms with Crippen LogP contribution in [0.15, 0.2) is 46.9 Å². The van der Waals surface area contributed by atoms with Crippen molar-refractivity contribution in [2.45, 2.75) is 0 Å². The summed E-state index contributed by atoms with van der Waals surface area (Å²) in [6, 6.07) is 12.0. The van der Waals surface area contributed by atoms with Crippen LogP contribution in [0.2, 0.25) is 0 Å². The molecule has 0 saturated heterocycles. The molecule has 1 aliphatic rings. The number of benzene rings is 2. The van der Waals surface area contributed by atoms with Gasteiger partial charge in [-0.05, 0) is 36.4 Å². The number of halogens is 1. The molecule has 0 aromatic heterocycles. The fourth-order valence-electron chi connectivity index (χ4n) is 2.88. The molecule has 148 valence electrons. The van der Waals surface area contributed by atoms with Crippen molar-refractivity contribution in [2.24, 2.45) is 0 Å². The van der Waals surface area contributed by atoms with Gasteiger partial charge in [-0.25, -0.2) is 0 Å². The van der Waals surface area contributed by atoms with E-state index < -0.39 is 5.91 Å². The Hall–Kier alpha value is -3.31. The summed E-state index contributed by atoms with van der Waals surface area (Å²) in [5.74, 6) is 1.90. The minimum Gasteiger partial charge on any atom is -0.482 e. The first-order chi connectivity index (χ1) is 13.9. The van der Waals surface area contributed by atoms with Crippen LogP contribution in [0.4, 0.5) is 11.4 Å². The molecule has 7 nitrogen and oxygen atoms in total. The topological polar surface area (TPSA) is 79.0 Å². The maximum Gasteiger partial charge on any atom is 0.265 e. The number of anilines is 2. The molecule has 1 aliphatic heterocycles. The number of fused-ring (bicyclic) bond motifs is 1. The number of carbonyl (C=O) groups excluding carboxylic acids is 3. The first-order valence-electron chi connectivity index (χ1n) is 8.73. The molecule has 0 aliphatic carbocycles. The molecule has 0 bridgehead atoms. The number of hydrogen-bond acceptors (Lipinski definition) is 4. The molecule has 0 atom stereocenters. The molecule has 0 spiro atoms. The van der Waals surface area contributed by atoms with Crippen LogP contribution >= 0.6 is 15.9 Å². The molecular weight excluding hydrogens is 438 g/mol. The Labute approximate surface area is 176 Å². The van der Waals surface area contributed by atoms with Gasteiger partial charge in [0.1, 0.15) is 18.8 Å². The van der Waals surface area contributed by atoms with Crippen LogP contribution < -0.4 is 19.9 Å². The van der Waals surface area contributed by atoms with Gasteiger partial charge in [0.05, 0.1) is 5.69 Å². The van der Waals surface area contributed by atoms with E-state index in [4.69, 9.17) is 11.2 Å². The summed E-state index contributed by atoms with van der Waals surface area (Å²) in [7, 11) is 1.49. The van der Waals surface area contributed by atoms with Gasteiger partial charge in [-0.2, -0.15) is 0 Å². The van der Waals surface area contributed by atoms with Gasteiger partial charge in [-0.1, -0.05) is 27.9 Å². The largest absolute Gasteiger partial charge is 0.482 e. The van der Waals surface area contributed by atoms with Gasteiger partial charge in [-0.3, -0.25) is 19.3 Å². The van der Waals surface area contributed by atoms with Crippen LogP contribution in [0, 0.1) is 12.3 Å². The van der Waals surface area contributed by atoms with Crippen molar-refractivity contribution in [3.8, 4) is 18.1 Å². The summed E-state index contributed by atoms with van der Waals surface area (Å²) in [6.45, 7) is -0.609. The second-order valence-corrected chi connectivity index (χ2v) is 7.14.